The van der Waals surface area contributed by atoms with Crippen molar-refractivity contribution in [2.45, 2.75) is 13.0 Å². The van der Waals surface area contributed by atoms with Gasteiger partial charge in [-0.25, -0.2) is 9.18 Å². The second-order valence-corrected chi connectivity index (χ2v) is 5.91. The molecule has 0 atom stereocenters. The van der Waals surface area contributed by atoms with Crippen molar-refractivity contribution < 1.29 is 14.3 Å². The van der Waals surface area contributed by atoms with Gasteiger partial charge >= 0.3 is 5.97 Å². The van der Waals surface area contributed by atoms with Gasteiger partial charge in [-0.1, -0.05) is 28.1 Å². The first-order valence-corrected chi connectivity index (χ1v) is 7.39. The van der Waals surface area contributed by atoms with E-state index in [1.165, 1.54) is 12.1 Å². The molecule has 0 saturated carbocycles. The number of aromatic carboxylic acids is 1. The van der Waals surface area contributed by atoms with E-state index in [0.29, 0.717) is 12.1 Å². The molecular formula is C16H13BrFNO2. The second kappa shape index (κ2) is 5.48. The van der Waals surface area contributed by atoms with Gasteiger partial charge in [0.1, 0.15) is 5.82 Å². The summed E-state index contributed by atoms with van der Waals surface area (Å²) in [6.07, 6.45) is 0.897. The van der Waals surface area contributed by atoms with E-state index < -0.39 is 5.97 Å². The monoisotopic (exact) mass is 349 g/mol. The largest absolute Gasteiger partial charge is 0.478 e. The van der Waals surface area contributed by atoms with Crippen LogP contribution < -0.4 is 4.90 Å². The van der Waals surface area contributed by atoms with Gasteiger partial charge in [-0.05, 0) is 41.8 Å². The molecule has 2 aromatic rings. The van der Waals surface area contributed by atoms with Gasteiger partial charge < -0.3 is 10.0 Å². The average molecular weight is 350 g/mol. The van der Waals surface area contributed by atoms with E-state index >= 15 is 0 Å². The molecule has 0 amide bonds. The van der Waals surface area contributed by atoms with Gasteiger partial charge in [-0.15, -0.1) is 0 Å². The van der Waals surface area contributed by atoms with Crippen molar-refractivity contribution in [2.75, 3.05) is 11.4 Å². The third kappa shape index (κ3) is 2.78. The van der Waals surface area contributed by atoms with Crippen LogP contribution in [0.25, 0.3) is 0 Å². The van der Waals surface area contributed by atoms with Gasteiger partial charge in [0, 0.05) is 23.2 Å². The first-order chi connectivity index (χ1) is 10.0. The molecule has 1 N–H and O–H groups in total. The molecule has 108 valence electrons. The summed E-state index contributed by atoms with van der Waals surface area (Å²) in [7, 11) is 0. The topological polar surface area (TPSA) is 40.5 Å². The van der Waals surface area contributed by atoms with E-state index in [4.69, 9.17) is 5.11 Å². The van der Waals surface area contributed by atoms with E-state index in [1.54, 1.807) is 18.2 Å². The Morgan fingerprint density at radius 1 is 1.29 bits per heavy atom. The summed E-state index contributed by atoms with van der Waals surface area (Å²) in [6.45, 7) is 1.46. The lowest BCUT2D eigenvalue weighted by molar-refractivity contribution is 0.0697. The normalized spacial score (nSPS) is 13.3. The molecule has 0 aliphatic carbocycles. The molecule has 0 saturated heterocycles. The summed E-state index contributed by atoms with van der Waals surface area (Å²) in [5.41, 5.74) is 3.37. The third-order valence-electron chi connectivity index (χ3n) is 3.70. The molecule has 2 aromatic carbocycles. The van der Waals surface area contributed by atoms with Crippen molar-refractivity contribution in [2.24, 2.45) is 0 Å². The third-order valence-corrected chi connectivity index (χ3v) is 4.44. The van der Waals surface area contributed by atoms with Crippen molar-refractivity contribution >= 4 is 27.6 Å². The van der Waals surface area contributed by atoms with Crippen molar-refractivity contribution in [1.29, 1.82) is 0 Å². The fraction of sp³-hybridized carbons (Fsp3) is 0.188. The highest BCUT2D eigenvalue weighted by molar-refractivity contribution is 9.10. The fourth-order valence-electron chi connectivity index (χ4n) is 2.60. The van der Waals surface area contributed by atoms with Gasteiger partial charge in [0.25, 0.3) is 0 Å². The Morgan fingerprint density at radius 3 is 2.81 bits per heavy atom. The fourth-order valence-corrected chi connectivity index (χ4v) is 3.07. The van der Waals surface area contributed by atoms with Crippen LogP contribution in [-0.4, -0.2) is 17.6 Å². The molecule has 21 heavy (non-hydrogen) atoms. The maximum Gasteiger partial charge on any atom is 0.335 e. The van der Waals surface area contributed by atoms with Crippen LogP contribution in [0.5, 0.6) is 0 Å². The number of fused-ring (bicyclic) bond motifs is 1. The molecule has 0 unspecified atom stereocenters. The van der Waals surface area contributed by atoms with Crippen LogP contribution in [0.2, 0.25) is 0 Å². The molecule has 1 heterocycles. The number of carboxylic acid groups (broad SMARTS) is 1. The minimum absolute atomic E-state index is 0.277. The molecule has 1 aliphatic heterocycles. The summed E-state index contributed by atoms with van der Waals surface area (Å²) in [5.74, 6) is -1.20. The summed E-state index contributed by atoms with van der Waals surface area (Å²) >= 11 is 3.37. The maximum absolute atomic E-state index is 13.1. The Morgan fingerprint density at radius 2 is 2.10 bits per heavy atom. The Hall–Kier alpha value is -1.88. The SMILES string of the molecule is O=C(O)c1ccc2c(c1)N(Cc1ccc(F)cc1Br)CC2. The van der Waals surface area contributed by atoms with E-state index in [2.05, 4.69) is 20.8 Å². The zero-order valence-corrected chi connectivity index (χ0v) is 12.7. The lowest BCUT2D eigenvalue weighted by Gasteiger charge is -2.20. The molecular weight excluding hydrogens is 337 g/mol. The Bertz CT molecular complexity index is 717. The molecule has 3 rings (SSSR count). The van der Waals surface area contributed by atoms with Crippen molar-refractivity contribution in [3.8, 4) is 0 Å². The molecule has 1 aliphatic rings. The molecule has 0 radical (unpaired) electrons. The maximum atomic E-state index is 13.1. The van der Waals surface area contributed by atoms with Crippen LogP contribution in [0.4, 0.5) is 10.1 Å². The van der Waals surface area contributed by atoms with Crippen LogP contribution in [0.15, 0.2) is 40.9 Å². The molecule has 0 bridgehead atoms. The van der Waals surface area contributed by atoms with Gasteiger partial charge in [0.2, 0.25) is 0 Å². The predicted molar refractivity (Wildman–Crippen MR) is 82.3 cm³/mol. The zero-order valence-electron chi connectivity index (χ0n) is 11.1. The summed E-state index contributed by atoms with van der Waals surface area (Å²) in [4.78, 5) is 13.2. The zero-order chi connectivity index (χ0) is 15.0. The van der Waals surface area contributed by atoms with Crippen LogP contribution in [0, 0.1) is 5.82 Å². The highest BCUT2D eigenvalue weighted by Gasteiger charge is 2.21. The van der Waals surface area contributed by atoms with Crippen LogP contribution in [0.3, 0.4) is 0 Å². The number of hydrogen-bond donors (Lipinski definition) is 1. The standard InChI is InChI=1S/C16H13BrFNO2/c17-14-8-13(18)4-3-12(14)9-19-6-5-10-1-2-11(16(20)21)7-15(10)19/h1-4,7-8H,5-6,9H2,(H,20,21). The summed E-state index contributed by atoms with van der Waals surface area (Å²) < 4.78 is 13.9. The highest BCUT2D eigenvalue weighted by atomic mass is 79.9. The lowest BCUT2D eigenvalue weighted by Crippen LogP contribution is -2.20. The van der Waals surface area contributed by atoms with Crippen LogP contribution in [-0.2, 0) is 13.0 Å². The molecule has 0 fully saturated rings. The number of hydrogen-bond acceptors (Lipinski definition) is 2. The van der Waals surface area contributed by atoms with Gasteiger partial charge in [-0.2, -0.15) is 0 Å². The van der Waals surface area contributed by atoms with Crippen molar-refractivity contribution in [3.05, 3.63) is 63.4 Å². The van der Waals surface area contributed by atoms with E-state index in [9.17, 15) is 9.18 Å². The quantitative estimate of drug-likeness (QED) is 0.914. The lowest BCUT2D eigenvalue weighted by atomic mass is 10.1. The van der Waals surface area contributed by atoms with E-state index in [1.807, 2.05) is 6.07 Å². The smallest absolute Gasteiger partial charge is 0.335 e. The van der Waals surface area contributed by atoms with Gasteiger partial charge in [0.15, 0.2) is 0 Å². The Balaban J connectivity index is 1.90. The molecule has 0 aromatic heterocycles. The van der Waals surface area contributed by atoms with E-state index in [-0.39, 0.29) is 5.82 Å². The Labute approximate surface area is 130 Å². The highest BCUT2D eigenvalue weighted by Crippen LogP contribution is 2.31. The molecule has 5 heteroatoms. The van der Waals surface area contributed by atoms with Crippen LogP contribution in [0.1, 0.15) is 21.5 Å². The van der Waals surface area contributed by atoms with E-state index in [0.717, 1.165) is 34.3 Å². The minimum atomic E-state index is -0.924. The number of rotatable bonds is 3. The van der Waals surface area contributed by atoms with Crippen molar-refractivity contribution in [3.63, 3.8) is 0 Å². The average Bonchev–Trinajstić information content (AvgIpc) is 2.84. The predicted octanol–water partition coefficient (Wildman–Crippen LogP) is 3.85. The second-order valence-electron chi connectivity index (χ2n) is 5.06. The van der Waals surface area contributed by atoms with Gasteiger partial charge in [-0.3, -0.25) is 0 Å². The number of carbonyl (C=O) groups is 1. The first-order valence-electron chi connectivity index (χ1n) is 6.59. The number of benzene rings is 2. The number of carboxylic acids is 1. The van der Waals surface area contributed by atoms with Crippen molar-refractivity contribution in [1.82, 2.24) is 0 Å². The number of nitrogens with zero attached hydrogens (tertiary/aromatic N) is 1. The summed E-state index contributed by atoms with van der Waals surface area (Å²) in [5, 5.41) is 9.10. The minimum Gasteiger partial charge on any atom is -0.478 e. The number of anilines is 1. The number of halogens is 2. The van der Waals surface area contributed by atoms with Crippen LogP contribution >= 0.6 is 15.9 Å². The molecule has 0 spiro atoms. The van der Waals surface area contributed by atoms with Gasteiger partial charge in [0.05, 0.1) is 5.56 Å². The first kappa shape index (κ1) is 14.1. The summed E-state index contributed by atoms with van der Waals surface area (Å²) in [6, 6.07) is 9.85. The molecule has 3 nitrogen and oxygen atoms in total. The Kier molecular flexibility index (Phi) is 3.68.